The average Bonchev–Trinajstić information content (AvgIpc) is 2.89. The Bertz CT molecular complexity index is 1270. The highest BCUT2D eigenvalue weighted by Gasteiger charge is 2.28. The first kappa shape index (κ1) is 25.8. The number of nitrogens with zero attached hydrogens (tertiary/aromatic N) is 2. The number of aryl methyl sites for hydroxylation is 1. The van der Waals surface area contributed by atoms with E-state index in [1.165, 1.54) is 22.8 Å². The molecule has 1 fully saturated rings. The summed E-state index contributed by atoms with van der Waals surface area (Å²) in [5.74, 6) is 0.417. The van der Waals surface area contributed by atoms with Crippen molar-refractivity contribution in [2.24, 2.45) is 5.92 Å². The van der Waals surface area contributed by atoms with Crippen molar-refractivity contribution in [3.8, 4) is 0 Å². The highest BCUT2D eigenvalue weighted by atomic mass is 32.2. The molecule has 0 spiro atoms. The Morgan fingerprint density at radius 2 is 1.58 bits per heavy atom. The van der Waals surface area contributed by atoms with E-state index in [9.17, 15) is 13.2 Å². The van der Waals surface area contributed by atoms with Crippen molar-refractivity contribution in [2.45, 2.75) is 44.6 Å². The van der Waals surface area contributed by atoms with Crippen molar-refractivity contribution in [3.63, 3.8) is 0 Å². The van der Waals surface area contributed by atoms with Crippen molar-refractivity contribution in [1.82, 2.24) is 5.32 Å². The van der Waals surface area contributed by atoms with E-state index in [-0.39, 0.29) is 23.4 Å². The number of nitrogens with one attached hydrogen (secondary N) is 1. The number of hydrogen-bond acceptors (Lipinski definition) is 4. The fraction of sp³-hybridized carbons (Fsp3) is 0.345. The van der Waals surface area contributed by atoms with Gasteiger partial charge >= 0.3 is 0 Å². The highest BCUT2D eigenvalue weighted by Crippen LogP contribution is 2.27. The van der Waals surface area contributed by atoms with E-state index in [1.807, 2.05) is 38.1 Å². The number of para-hydroxylation sites is 1. The Labute approximate surface area is 215 Å². The van der Waals surface area contributed by atoms with Crippen LogP contribution in [0.1, 0.15) is 43.9 Å². The SMILES string of the molecule is Cc1ccccc1N(CC(=O)NC(C)c1ccc(N2CCC(C)CC2)cc1)S(=O)(=O)c1ccccc1. The van der Waals surface area contributed by atoms with Crippen LogP contribution in [0.15, 0.2) is 83.8 Å². The summed E-state index contributed by atoms with van der Waals surface area (Å²) in [5.41, 5.74) is 3.44. The van der Waals surface area contributed by atoms with Crippen molar-refractivity contribution < 1.29 is 13.2 Å². The minimum absolute atomic E-state index is 0.150. The third kappa shape index (κ3) is 5.90. The van der Waals surface area contributed by atoms with Crippen LogP contribution < -0.4 is 14.5 Å². The van der Waals surface area contributed by atoms with Crippen LogP contribution in [0.2, 0.25) is 0 Å². The topological polar surface area (TPSA) is 69.7 Å². The Balaban J connectivity index is 1.49. The standard InChI is InChI=1S/C29H35N3O3S/c1-22-17-19-31(20-18-22)26-15-13-25(14-16-26)24(3)30-29(33)21-32(28-12-8-7-9-23(28)2)36(34,35)27-10-5-4-6-11-27/h4-16,22,24H,17-21H2,1-3H3,(H,30,33). The van der Waals surface area contributed by atoms with E-state index in [1.54, 1.807) is 42.5 Å². The molecule has 1 heterocycles. The summed E-state index contributed by atoms with van der Waals surface area (Å²) >= 11 is 0. The van der Waals surface area contributed by atoms with E-state index in [4.69, 9.17) is 0 Å². The molecule has 1 saturated heterocycles. The Hall–Kier alpha value is -3.32. The van der Waals surface area contributed by atoms with Crippen molar-refractivity contribution >= 4 is 27.3 Å². The number of piperidine rings is 1. The number of hydrogen-bond donors (Lipinski definition) is 1. The Morgan fingerprint density at radius 3 is 2.22 bits per heavy atom. The molecular formula is C29H35N3O3S. The number of carbonyl (C=O) groups is 1. The number of sulfonamides is 1. The van der Waals surface area contributed by atoms with Crippen molar-refractivity contribution in [2.75, 3.05) is 28.8 Å². The van der Waals surface area contributed by atoms with Crippen molar-refractivity contribution in [1.29, 1.82) is 0 Å². The lowest BCUT2D eigenvalue weighted by molar-refractivity contribution is -0.120. The number of carbonyl (C=O) groups excluding carboxylic acids is 1. The molecule has 1 amide bonds. The minimum Gasteiger partial charge on any atom is -0.372 e. The summed E-state index contributed by atoms with van der Waals surface area (Å²) < 4.78 is 28.2. The molecule has 1 N–H and O–H groups in total. The van der Waals surface area contributed by atoms with Gasteiger partial charge in [-0.25, -0.2) is 8.42 Å². The lowest BCUT2D eigenvalue weighted by Crippen LogP contribution is -2.41. The molecular weight excluding hydrogens is 470 g/mol. The molecule has 36 heavy (non-hydrogen) atoms. The van der Waals surface area contributed by atoms with Gasteiger partial charge in [-0.15, -0.1) is 0 Å². The molecule has 190 valence electrons. The van der Waals surface area contributed by atoms with E-state index in [0.717, 1.165) is 30.1 Å². The quantitative estimate of drug-likeness (QED) is 0.451. The van der Waals surface area contributed by atoms with Gasteiger partial charge < -0.3 is 10.2 Å². The lowest BCUT2D eigenvalue weighted by atomic mass is 9.98. The van der Waals surface area contributed by atoms with Gasteiger partial charge in [0.2, 0.25) is 5.91 Å². The van der Waals surface area contributed by atoms with Gasteiger partial charge in [0, 0.05) is 18.8 Å². The number of anilines is 2. The van der Waals surface area contributed by atoms with Gasteiger partial charge in [0.05, 0.1) is 16.6 Å². The fourth-order valence-electron chi connectivity index (χ4n) is 4.60. The van der Waals surface area contributed by atoms with Gasteiger partial charge in [0.1, 0.15) is 6.54 Å². The second kappa shape index (κ2) is 11.2. The van der Waals surface area contributed by atoms with Crippen LogP contribution >= 0.6 is 0 Å². The summed E-state index contributed by atoms with van der Waals surface area (Å²) in [6.07, 6.45) is 2.41. The average molecular weight is 506 g/mol. The van der Waals surface area contributed by atoms with Gasteiger partial charge in [0.25, 0.3) is 10.0 Å². The second-order valence-electron chi connectivity index (χ2n) is 9.66. The van der Waals surface area contributed by atoms with Crippen LogP contribution in [0.3, 0.4) is 0 Å². The van der Waals surface area contributed by atoms with Gasteiger partial charge in [-0.05, 0) is 74.1 Å². The maximum absolute atomic E-state index is 13.5. The molecule has 7 heteroatoms. The molecule has 0 aliphatic carbocycles. The molecule has 1 aliphatic heterocycles. The maximum atomic E-state index is 13.5. The number of rotatable bonds is 8. The van der Waals surface area contributed by atoms with Gasteiger partial charge in [-0.3, -0.25) is 9.10 Å². The van der Waals surface area contributed by atoms with E-state index < -0.39 is 10.0 Å². The third-order valence-electron chi connectivity index (χ3n) is 6.92. The molecule has 1 unspecified atom stereocenters. The zero-order chi connectivity index (χ0) is 25.7. The van der Waals surface area contributed by atoms with Gasteiger partial charge in [-0.2, -0.15) is 0 Å². The highest BCUT2D eigenvalue weighted by molar-refractivity contribution is 7.92. The smallest absolute Gasteiger partial charge is 0.264 e. The van der Waals surface area contributed by atoms with E-state index >= 15 is 0 Å². The fourth-order valence-corrected chi connectivity index (χ4v) is 6.11. The third-order valence-corrected chi connectivity index (χ3v) is 8.70. The predicted molar refractivity (Wildman–Crippen MR) is 146 cm³/mol. The second-order valence-corrected chi connectivity index (χ2v) is 11.5. The number of benzene rings is 3. The summed E-state index contributed by atoms with van der Waals surface area (Å²) in [5, 5.41) is 2.99. The zero-order valence-electron chi connectivity index (χ0n) is 21.2. The summed E-state index contributed by atoms with van der Waals surface area (Å²) in [4.78, 5) is 15.7. The molecule has 1 atom stereocenters. The molecule has 0 radical (unpaired) electrons. The molecule has 4 rings (SSSR count). The zero-order valence-corrected chi connectivity index (χ0v) is 22.0. The largest absolute Gasteiger partial charge is 0.372 e. The first-order valence-corrected chi connectivity index (χ1v) is 14.0. The van der Waals surface area contributed by atoms with Crippen LogP contribution in [0.5, 0.6) is 0 Å². The maximum Gasteiger partial charge on any atom is 0.264 e. The monoisotopic (exact) mass is 505 g/mol. The van der Waals surface area contributed by atoms with Crippen LogP contribution in [-0.2, 0) is 14.8 Å². The molecule has 3 aromatic rings. The molecule has 0 bridgehead atoms. The summed E-state index contributed by atoms with van der Waals surface area (Å²) in [7, 11) is -3.93. The molecule has 1 aliphatic rings. The first-order valence-electron chi connectivity index (χ1n) is 12.5. The molecule has 0 saturated carbocycles. The van der Waals surface area contributed by atoms with E-state index in [2.05, 4.69) is 29.3 Å². The lowest BCUT2D eigenvalue weighted by Gasteiger charge is -2.32. The van der Waals surface area contributed by atoms with Crippen LogP contribution in [0, 0.1) is 12.8 Å². The Kier molecular flexibility index (Phi) is 7.99. The molecule has 6 nitrogen and oxygen atoms in total. The van der Waals surface area contributed by atoms with E-state index in [0.29, 0.717) is 5.69 Å². The van der Waals surface area contributed by atoms with Crippen LogP contribution in [0.25, 0.3) is 0 Å². The van der Waals surface area contributed by atoms with Gasteiger partial charge in [-0.1, -0.05) is 55.5 Å². The molecule has 0 aromatic heterocycles. The summed E-state index contributed by atoms with van der Waals surface area (Å²) in [6.45, 7) is 7.88. The van der Waals surface area contributed by atoms with Crippen molar-refractivity contribution in [3.05, 3.63) is 90.0 Å². The summed E-state index contributed by atoms with van der Waals surface area (Å²) in [6, 6.07) is 23.4. The molecule has 3 aromatic carbocycles. The van der Waals surface area contributed by atoms with Crippen LogP contribution in [0.4, 0.5) is 11.4 Å². The number of amides is 1. The Morgan fingerprint density at radius 1 is 0.972 bits per heavy atom. The van der Waals surface area contributed by atoms with Gasteiger partial charge in [0.15, 0.2) is 0 Å². The van der Waals surface area contributed by atoms with Crippen LogP contribution in [-0.4, -0.2) is 34.0 Å². The normalized spacial score (nSPS) is 15.4. The predicted octanol–water partition coefficient (Wildman–Crippen LogP) is 5.30. The first-order chi connectivity index (χ1) is 17.3. The minimum atomic E-state index is -3.93.